The lowest BCUT2D eigenvalue weighted by Gasteiger charge is -2.17. The van der Waals surface area contributed by atoms with Gasteiger partial charge in [0.15, 0.2) is 11.6 Å². The lowest BCUT2D eigenvalue weighted by Crippen LogP contribution is -2.33. The fraction of sp³-hybridized carbons (Fsp3) is 0.0435. The average Bonchev–Trinajstić information content (AvgIpc) is 2.96. The van der Waals surface area contributed by atoms with Gasteiger partial charge in [-0.05, 0) is 36.2 Å². The molecule has 0 saturated carbocycles. The van der Waals surface area contributed by atoms with E-state index in [1.165, 1.54) is 6.07 Å². The van der Waals surface area contributed by atoms with Gasteiger partial charge >= 0.3 is 0 Å². The number of aryl methyl sites for hydroxylation is 1. The molecule has 6 heteroatoms. The van der Waals surface area contributed by atoms with Crippen LogP contribution in [0.25, 0.3) is 5.57 Å². The molecule has 1 aliphatic heterocycles. The first-order chi connectivity index (χ1) is 14.0. The summed E-state index contributed by atoms with van der Waals surface area (Å²) in [6.45, 7) is 1.80. The van der Waals surface area contributed by atoms with Crippen LogP contribution in [0.4, 0.5) is 20.2 Å². The van der Waals surface area contributed by atoms with Gasteiger partial charge in [0.1, 0.15) is 5.70 Å². The Bertz CT molecular complexity index is 1160. The van der Waals surface area contributed by atoms with Crippen molar-refractivity contribution in [2.45, 2.75) is 6.92 Å². The van der Waals surface area contributed by atoms with Crippen molar-refractivity contribution in [2.24, 2.45) is 0 Å². The largest absolute Gasteiger partial charge is 0.350 e. The molecule has 0 atom stereocenters. The minimum absolute atomic E-state index is 0.00969. The van der Waals surface area contributed by atoms with E-state index in [2.05, 4.69) is 5.32 Å². The Balaban J connectivity index is 1.84. The Hall–Kier alpha value is -3.80. The molecule has 2 amide bonds. The Morgan fingerprint density at radius 2 is 1.48 bits per heavy atom. The Kier molecular flexibility index (Phi) is 4.68. The van der Waals surface area contributed by atoms with Crippen molar-refractivity contribution in [3.05, 3.63) is 101 Å². The summed E-state index contributed by atoms with van der Waals surface area (Å²) in [5.41, 5.74) is 2.12. The van der Waals surface area contributed by atoms with Gasteiger partial charge in [0.2, 0.25) is 0 Å². The fourth-order valence-electron chi connectivity index (χ4n) is 3.27. The third kappa shape index (κ3) is 3.29. The topological polar surface area (TPSA) is 49.4 Å². The van der Waals surface area contributed by atoms with E-state index in [0.717, 1.165) is 22.6 Å². The van der Waals surface area contributed by atoms with Crippen molar-refractivity contribution >= 4 is 28.8 Å². The molecular formula is C23H16F2N2O2. The molecule has 0 unspecified atom stereocenters. The van der Waals surface area contributed by atoms with Crippen molar-refractivity contribution < 1.29 is 18.4 Å². The maximum atomic E-state index is 13.6. The molecule has 0 saturated heterocycles. The summed E-state index contributed by atoms with van der Waals surface area (Å²) in [5.74, 6) is -3.10. The normalized spacial score (nSPS) is 14.0. The second-order valence-corrected chi connectivity index (χ2v) is 6.60. The molecule has 29 heavy (non-hydrogen) atoms. The molecule has 3 aromatic rings. The molecule has 4 rings (SSSR count). The summed E-state index contributed by atoms with van der Waals surface area (Å²) in [5, 5.41) is 2.82. The first-order valence-electron chi connectivity index (χ1n) is 8.93. The third-order valence-corrected chi connectivity index (χ3v) is 4.69. The van der Waals surface area contributed by atoms with Gasteiger partial charge in [0.05, 0.1) is 11.3 Å². The van der Waals surface area contributed by atoms with Crippen molar-refractivity contribution in [3.63, 3.8) is 0 Å². The van der Waals surface area contributed by atoms with E-state index < -0.39 is 23.4 Å². The van der Waals surface area contributed by atoms with Crippen LogP contribution >= 0.6 is 0 Å². The molecule has 0 bridgehead atoms. The smallest absolute Gasteiger partial charge is 0.282 e. The van der Waals surface area contributed by atoms with E-state index in [1.807, 2.05) is 6.07 Å². The minimum Gasteiger partial charge on any atom is -0.350 e. The van der Waals surface area contributed by atoms with E-state index in [4.69, 9.17) is 0 Å². The Morgan fingerprint density at radius 3 is 2.17 bits per heavy atom. The zero-order valence-corrected chi connectivity index (χ0v) is 15.4. The molecule has 1 heterocycles. The number of nitrogens with zero attached hydrogens (tertiary/aromatic N) is 1. The van der Waals surface area contributed by atoms with E-state index >= 15 is 0 Å². The highest BCUT2D eigenvalue weighted by Crippen LogP contribution is 2.35. The maximum Gasteiger partial charge on any atom is 0.282 e. The highest BCUT2D eigenvalue weighted by atomic mass is 19.2. The Labute approximate surface area is 166 Å². The summed E-state index contributed by atoms with van der Waals surface area (Å²) >= 11 is 0. The minimum atomic E-state index is -1.05. The molecule has 0 radical (unpaired) electrons. The molecule has 1 N–H and O–H groups in total. The molecule has 4 nitrogen and oxygen atoms in total. The van der Waals surface area contributed by atoms with Gasteiger partial charge in [0.25, 0.3) is 11.8 Å². The monoisotopic (exact) mass is 390 g/mol. The molecule has 0 aliphatic carbocycles. The standard InChI is InChI=1S/C23H16F2N2O2/c1-14-7-5-6-10-19(14)27-22(28)20(15-8-3-2-4-9-15)21(23(27)29)26-16-11-12-17(24)18(25)13-16/h2-13,26H,1H3. The first-order valence-corrected chi connectivity index (χ1v) is 8.93. The number of nitrogens with one attached hydrogen (secondary N) is 1. The SMILES string of the molecule is Cc1ccccc1N1C(=O)C(Nc2ccc(F)c(F)c2)=C(c2ccccc2)C1=O. The molecule has 0 spiro atoms. The highest BCUT2D eigenvalue weighted by molar-refractivity contribution is 6.46. The molecule has 3 aromatic carbocycles. The number of benzene rings is 3. The van der Waals surface area contributed by atoms with Gasteiger partial charge in [-0.15, -0.1) is 0 Å². The summed E-state index contributed by atoms with van der Waals surface area (Å²) in [6, 6.07) is 19.0. The molecular weight excluding hydrogens is 374 g/mol. The lowest BCUT2D eigenvalue weighted by molar-refractivity contribution is -0.120. The summed E-state index contributed by atoms with van der Waals surface area (Å²) in [6.07, 6.45) is 0. The molecule has 144 valence electrons. The summed E-state index contributed by atoms with van der Waals surface area (Å²) in [4.78, 5) is 27.6. The lowest BCUT2D eigenvalue weighted by atomic mass is 10.0. The van der Waals surface area contributed by atoms with Gasteiger partial charge in [0, 0.05) is 11.8 Å². The van der Waals surface area contributed by atoms with Gasteiger partial charge in [-0.1, -0.05) is 48.5 Å². The number of carbonyl (C=O) groups excluding carboxylic acids is 2. The third-order valence-electron chi connectivity index (χ3n) is 4.69. The molecule has 0 fully saturated rings. The first kappa shape index (κ1) is 18.6. The van der Waals surface area contributed by atoms with Crippen molar-refractivity contribution in [1.29, 1.82) is 0 Å². The van der Waals surface area contributed by atoms with Crippen LogP contribution in [-0.4, -0.2) is 11.8 Å². The fourth-order valence-corrected chi connectivity index (χ4v) is 3.27. The number of para-hydroxylation sites is 1. The molecule has 1 aliphatic rings. The number of carbonyl (C=O) groups is 2. The van der Waals surface area contributed by atoms with Crippen LogP contribution in [0.1, 0.15) is 11.1 Å². The highest BCUT2D eigenvalue weighted by Gasteiger charge is 2.40. The van der Waals surface area contributed by atoms with Crippen molar-refractivity contribution in [3.8, 4) is 0 Å². The quantitative estimate of drug-likeness (QED) is 0.659. The van der Waals surface area contributed by atoms with Crippen LogP contribution in [0.5, 0.6) is 0 Å². The number of amides is 2. The molecule has 0 aromatic heterocycles. The number of hydrogen-bond donors (Lipinski definition) is 1. The van der Waals surface area contributed by atoms with E-state index in [9.17, 15) is 18.4 Å². The summed E-state index contributed by atoms with van der Waals surface area (Å²) < 4.78 is 26.9. The second-order valence-electron chi connectivity index (χ2n) is 6.60. The van der Waals surface area contributed by atoms with Crippen LogP contribution < -0.4 is 10.2 Å². The zero-order chi connectivity index (χ0) is 20.5. The van der Waals surface area contributed by atoms with Crippen LogP contribution in [0, 0.1) is 18.6 Å². The number of rotatable bonds is 4. The van der Waals surface area contributed by atoms with Crippen LogP contribution in [-0.2, 0) is 9.59 Å². The van der Waals surface area contributed by atoms with Crippen LogP contribution in [0.3, 0.4) is 0 Å². The van der Waals surface area contributed by atoms with Gasteiger partial charge in [-0.2, -0.15) is 0 Å². The number of anilines is 2. The predicted molar refractivity (Wildman–Crippen MR) is 107 cm³/mol. The second kappa shape index (κ2) is 7.31. The van der Waals surface area contributed by atoms with E-state index in [-0.39, 0.29) is 17.0 Å². The number of imide groups is 1. The number of halogens is 2. The van der Waals surface area contributed by atoms with Gasteiger partial charge in [-0.25, -0.2) is 13.7 Å². The van der Waals surface area contributed by atoms with Crippen LogP contribution in [0.2, 0.25) is 0 Å². The van der Waals surface area contributed by atoms with Crippen molar-refractivity contribution in [1.82, 2.24) is 0 Å². The van der Waals surface area contributed by atoms with Gasteiger partial charge in [-0.3, -0.25) is 9.59 Å². The number of hydrogen-bond acceptors (Lipinski definition) is 3. The van der Waals surface area contributed by atoms with E-state index in [0.29, 0.717) is 11.3 Å². The van der Waals surface area contributed by atoms with Crippen LogP contribution in [0.15, 0.2) is 78.5 Å². The predicted octanol–water partition coefficient (Wildman–Crippen LogP) is 4.67. The van der Waals surface area contributed by atoms with Gasteiger partial charge < -0.3 is 5.32 Å². The average molecular weight is 390 g/mol. The van der Waals surface area contributed by atoms with Crippen molar-refractivity contribution in [2.75, 3.05) is 10.2 Å². The summed E-state index contributed by atoms with van der Waals surface area (Å²) in [7, 11) is 0. The Morgan fingerprint density at radius 1 is 0.793 bits per heavy atom. The van der Waals surface area contributed by atoms with E-state index in [1.54, 1.807) is 55.5 Å². The zero-order valence-electron chi connectivity index (χ0n) is 15.4. The maximum absolute atomic E-state index is 13.6.